The minimum atomic E-state index is -0.430. The number of thioether (sulfide) groups is 1. The maximum absolute atomic E-state index is 13.3. The minimum absolute atomic E-state index is 0.124. The fourth-order valence-electron chi connectivity index (χ4n) is 3.88. The molecule has 5 rings (SSSR count). The molecule has 0 fully saturated rings. The van der Waals surface area contributed by atoms with Crippen molar-refractivity contribution in [3.05, 3.63) is 100 Å². The number of nitrogens with zero attached hydrogens (tertiary/aromatic N) is 4. The van der Waals surface area contributed by atoms with Gasteiger partial charge in [-0.2, -0.15) is 0 Å². The highest BCUT2D eigenvalue weighted by molar-refractivity contribution is 8.00. The van der Waals surface area contributed by atoms with Crippen LogP contribution in [-0.2, 0) is 11.3 Å². The molecule has 0 bridgehead atoms. The normalized spacial score (nSPS) is 12.2. The second-order valence-corrected chi connectivity index (χ2v) is 9.38. The molecule has 7 nitrogen and oxygen atoms in total. The number of nitrogens with one attached hydrogen (secondary N) is 1. The molecule has 5 aromatic rings. The van der Waals surface area contributed by atoms with Gasteiger partial charge in [0.05, 0.1) is 22.7 Å². The van der Waals surface area contributed by atoms with Gasteiger partial charge in [-0.15, -0.1) is 10.2 Å². The van der Waals surface area contributed by atoms with Gasteiger partial charge in [-0.25, -0.2) is 0 Å². The third kappa shape index (κ3) is 4.08. The van der Waals surface area contributed by atoms with Crippen molar-refractivity contribution in [2.45, 2.75) is 30.8 Å². The van der Waals surface area contributed by atoms with E-state index in [4.69, 9.17) is 0 Å². The highest BCUT2D eigenvalue weighted by atomic mass is 32.2. The monoisotopic (exact) mass is 469 g/mol. The first-order valence-electron chi connectivity index (χ1n) is 11.0. The molecule has 0 aliphatic heterocycles. The lowest BCUT2D eigenvalue weighted by Gasteiger charge is -2.14. The summed E-state index contributed by atoms with van der Waals surface area (Å²) >= 11 is 1.31. The first kappa shape index (κ1) is 21.9. The highest BCUT2D eigenvalue weighted by Gasteiger charge is 2.22. The summed E-state index contributed by atoms with van der Waals surface area (Å²) in [4.78, 5) is 26.2. The Balaban J connectivity index is 1.54. The van der Waals surface area contributed by atoms with Crippen LogP contribution >= 0.6 is 11.8 Å². The quantitative estimate of drug-likeness (QED) is 0.370. The average Bonchev–Trinajstić information content (AvgIpc) is 3.27. The lowest BCUT2D eigenvalue weighted by atomic mass is 10.2. The molecule has 2 heterocycles. The number of benzene rings is 3. The van der Waals surface area contributed by atoms with Crippen molar-refractivity contribution in [2.75, 3.05) is 5.32 Å². The fraction of sp³-hybridized carbons (Fsp3) is 0.154. The van der Waals surface area contributed by atoms with Crippen LogP contribution in [0.25, 0.3) is 16.7 Å². The van der Waals surface area contributed by atoms with E-state index in [-0.39, 0.29) is 11.5 Å². The molecule has 1 N–H and O–H groups in total. The van der Waals surface area contributed by atoms with Crippen LogP contribution in [-0.4, -0.2) is 30.3 Å². The molecule has 0 saturated heterocycles. The zero-order chi connectivity index (χ0) is 23.7. The lowest BCUT2D eigenvalue weighted by Crippen LogP contribution is -2.25. The Kier molecular flexibility index (Phi) is 5.90. The van der Waals surface area contributed by atoms with Gasteiger partial charge in [0, 0.05) is 5.69 Å². The highest BCUT2D eigenvalue weighted by Crippen LogP contribution is 2.26. The molecule has 3 aromatic carbocycles. The van der Waals surface area contributed by atoms with Crippen LogP contribution in [0, 0.1) is 6.92 Å². The van der Waals surface area contributed by atoms with Crippen molar-refractivity contribution >= 4 is 40.0 Å². The van der Waals surface area contributed by atoms with E-state index in [9.17, 15) is 9.59 Å². The summed E-state index contributed by atoms with van der Waals surface area (Å²) in [7, 11) is 0. The van der Waals surface area contributed by atoms with Gasteiger partial charge >= 0.3 is 0 Å². The van der Waals surface area contributed by atoms with Crippen LogP contribution in [0.3, 0.4) is 0 Å². The molecule has 170 valence electrons. The van der Waals surface area contributed by atoms with Crippen molar-refractivity contribution in [2.24, 2.45) is 0 Å². The number of para-hydroxylation sites is 2. The van der Waals surface area contributed by atoms with Crippen molar-refractivity contribution in [1.29, 1.82) is 0 Å². The molecular formula is C26H23N5O2S. The topological polar surface area (TPSA) is 81.3 Å². The first-order valence-corrected chi connectivity index (χ1v) is 11.8. The van der Waals surface area contributed by atoms with Crippen molar-refractivity contribution in [3.63, 3.8) is 0 Å². The molecule has 0 saturated carbocycles. The molecule has 0 radical (unpaired) electrons. The Hall–Kier alpha value is -3.91. The maximum Gasteiger partial charge on any atom is 0.263 e. The van der Waals surface area contributed by atoms with E-state index >= 15 is 0 Å². The van der Waals surface area contributed by atoms with Gasteiger partial charge in [0.25, 0.3) is 5.56 Å². The van der Waals surface area contributed by atoms with Gasteiger partial charge < -0.3 is 5.32 Å². The van der Waals surface area contributed by atoms with Gasteiger partial charge in [0.2, 0.25) is 11.7 Å². The first-order chi connectivity index (χ1) is 16.5. The lowest BCUT2D eigenvalue weighted by molar-refractivity contribution is -0.115. The summed E-state index contributed by atoms with van der Waals surface area (Å²) in [5, 5.41) is 12.4. The number of rotatable bonds is 6. The van der Waals surface area contributed by atoms with Gasteiger partial charge in [-0.05, 0) is 43.2 Å². The van der Waals surface area contributed by atoms with E-state index in [0.717, 1.165) is 16.8 Å². The smallest absolute Gasteiger partial charge is 0.263 e. The molecule has 2 aromatic heterocycles. The van der Waals surface area contributed by atoms with E-state index in [1.807, 2.05) is 91.0 Å². The summed E-state index contributed by atoms with van der Waals surface area (Å²) in [6, 6.07) is 24.9. The largest absolute Gasteiger partial charge is 0.325 e. The van der Waals surface area contributed by atoms with E-state index in [0.29, 0.717) is 28.4 Å². The van der Waals surface area contributed by atoms with E-state index < -0.39 is 5.25 Å². The number of fused-ring (bicyclic) bond motifs is 3. The Bertz CT molecular complexity index is 1560. The van der Waals surface area contributed by atoms with Crippen LogP contribution in [0.1, 0.15) is 18.1 Å². The molecule has 1 unspecified atom stereocenters. The zero-order valence-electron chi connectivity index (χ0n) is 18.8. The summed E-state index contributed by atoms with van der Waals surface area (Å²) in [5.41, 5.74) is 3.36. The van der Waals surface area contributed by atoms with Crippen LogP contribution in [0.5, 0.6) is 0 Å². The second-order valence-electron chi connectivity index (χ2n) is 8.08. The van der Waals surface area contributed by atoms with E-state index in [2.05, 4.69) is 15.5 Å². The van der Waals surface area contributed by atoms with Crippen LogP contribution < -0.4 is 10.9 Å². The Morgan fingerprint density at radius 3 is 2.47 bits per heavy atom. The van der Waals surface area contributed by atoms with Crippen LogP contribution in [0.2, 0.25) is 0 Å². The number of carbonyl (C=O) groups is 1. The molecule has 0 aliphatic carbocycles. The maximum atomic E-state index is 13.3. The third-order valence-corrected chi connectivity index (χ3v) is 6.76. The van der Waals surface area contributed by atoms with Gasteiger partial charge in [-0.3, -0.25) is 18.6 Å². The number of amides is 1. The molecule has 8 heteroatoms. The number of aryl methyl sites for hydroxylation is 1. The Labute approximate surface area is 200 Å². The summed E-state index contributed by atoms with van der Waals surface area (Å²) in [6.45, 7) is 4.17. The number of carbonyl (C=O) groups excluding carboxylic acids is 1. The predicted molar refractivity (Wildman–Crippen MR) is 135 cm³/mol. The van der Waals surface area contributed by atoms with Crippen molar-refractivity contribution in [3.8, 4) is 0 Å². The molecular weight excluding hydrogens is 446 g/mol. The van der Waals surface area contributed by atoms with Crippen LogP contribution in [0.4, 0.5) is 5.69 Å². The summed E-state index contributed by atoms with van der Waals surface area (Å²) in [6.07, 6.45) is 0. The number of anilines is 1. The molecule has 1 atom stereocenters. The summed E-state index contributed by atoms with van der Waals surface area (Å²) < 4.78 is 3.49. The third-order valence-electron chi connectivity index (χ3n) is 5.72. The van der Waals surface area contributed by atoms with Gasteiger partial charge in [0.15, 0.2) is 5.16 Å². The van der Waals surface area contributed by atoms with Gasteiger partial charge in [-0.1, -0.05) is 72.4 Å². The number of aromatic nitrogens is 4. The van der Waals surface area contributed by atoms with Gasteiger partial charge in [0.1, 0.15) is 0 Å². The number of hydrogen-bond acceptors (Lipinski definition) is 5. The van der Waals surface area contributed by atoms with E-state index in [1.54, 1.807) is 10.6 Å². The minimum Gasteiger partial charge on any atom is -0.325 e. The molecule has 34 heavy (non-hydrogen) atoms. The SMILES string of the molecule is Cc1ccccc1NC(=O)C(C)Sc1nnc2n(Cc3ccccc3)c(=O)c3ccccc3n12. The summed E-state index contributed by atoms with van der Waals surface area (Å²) in [5.74, 6) is 0.319. The van der Waals surface area contributed by atoms with Crippen molar-refractivity contribution < 1.29 is 4.79 Å². The fourth-order valence-corrected chi connectivity index (χ4v) is 4.73. The molecule has 0 aliphatic rings. The van der Waals surface area contributed by atoms with Crippen molar-refractivity contribution in [1.82, 2.24) is 19.2 Å². The van der Waals surface area contributed by atoms with Crippen LogP contribution in [0.15, 0.2) is 88.8 Å². The second kappa shape index (κ2) is 9.15. The molecule has 0 spiro atoms. The predicted octanol–water partition coefficient (Wildman–Crippen LogP) is 4.52. The average molecular weight is 470 g/mol. The molecule has 1 amide bonds. The zero-order valence-corrected chi connectivity index (χ0v) is 19.6. The number of hydrogen-bond donors (Lipinski definition) is 1. The Morgan fingerprint density at radius 2 is 1.68 bits per heavy atom. The Morgan fingerprint density at radius 1 is 0.971 bits per heavy atom. The van der Waals surface area contributed by atoms with E-state index in [1.165, 1.54) is 11.8 Å². The standard InChI is InChI=1S/C26H23N5O2S/c1-17-10-6-8-14-21(17)27-23(32)18(2)34-26-29-28-25-30(16-19-11-4-3-5-12-19)24(33)20-13-7-9-15-22(20)31(25)26/h3-15,18H,16H2,1-2H3,(H,27,32).